The van der Waals surface area contributed by atoms with Crippen molar-refractivity contribution in [1.82, 2.24) is 10.2 Å². The second kappa shape index (κ2) is 7.24. The van der Waals surface area contributed by atoms with Crippen LogP contribution in [0.15, 0.2) is 30.3 Å². The van der Waals surface area contributed by atoms with E-state index in [1.807, 2.05) is 0 Å². The van der Waals surface area contributed by atoms with Crippen LogP contribution in [0, 0.1) is 0 Å². The molecule has 1 aliphatic heterocycles. The van der Waals surface area contributed by atoms with Gasteiger partial charge in [-0.05, 0) is 44.8 Å². The Morgan fingerprint density at radius 1 is 1.30 bits per heavy atom. The van der Waals surface area contributed by atoms with Gasteiger partial charge in [-0.1, -0.05) is 44.2 Å². The van der Waals surface area contributed by atoms with Gasteiger partial charge in [-0.25, -0.2) is 0 Å². The molecule has 1 aliphatic rings. The van der Waals surface area contributed by atoms with E-state index >= 15 is 0 Å². The number of nitrogens with zero attached hydrogens (tertiary/aromatic N) is 1. The number of hydrogen-bond acceptors (Lipinski definition) is 2. The Kier molecular flexibility index (Phi) is 5.62. The van der Waals surface area contributed by atoms with Crippen molar-refractivity contribution in [2.75, 3.05) is 26.2 Å². The molecule has 2 nitrogen and oxygen atoms in total. The standard InChI is InChI=1S/C18H30N2/c1-4-12-19-14-18(3,17-10-6-5-7-11-17)15-20-13-8-9-16(20)2/h5-7,10-11,16,19H,4,8-9,12-15H2,1-3H3. The van der Waals surface area contributed by atoms with Gasteiger partial charge in [-0.3, -0.25) is 4.90 Å². The quantitative estimate of drug-likeness (QED) is 0.766. The molecule has 2 heteroatoms. The van der Waals surface area contributed by atoms with Crippen LogP contribution in [0.25, 0.3) is 0 Å². The van der Waals surface area contributed by atoms with Crippen LogP contribution < -0.4 is 5.32 Å². The molecule has 2 rings (SSSR count). The first kappa shape index (κ1) is 15.5. The molecule has 1 N–H and O–H groups in total. The average molecular weight is 274 g/mol. The minimum Gasteiger partial charge on any atom is -0.316 e. The molecule has 1 heterocycles. The van der Waals surface area contributed by atoms with Crippen molar-refractivity contribution >= 4 is 0 Å². The summed E-state index contributed by atoms with van der Waals surface area (Å²) in [7, 11) is 0. The molecule has 0 spiro atoms. The number of benzene rings is 1. The molecule has 0 saturated carbocycles. The van der Waals surface area contributed by atoms with Crippen LogP contribution in [0.1, 0.15) is 45.6 Å². The zero-order valence-electron chi connectivity index (χ0n) is 13.4. The Balaban J connectivity index is 2.10. The van der Waals surface area contributed by atoms with Gasteiger partial charge in [0, 0.05) is 24.5 Å². The molecule has 0 amide bonds. The summed E-state index contributed by atoms with van der Waals surface area (Å²) in [5.41, 5.74) is 1.66. The highest BCUT2D eigenvalue weighted by atomic mass is 15.2. The molecule has 0 aromatic heterocycles. The Labute approximate surface area is 124 Å². The smallest absolute Gasteiger partial charge is 0.0177 e. The van der Waals surface area contributed by atoms with Crippen LogP contribution in [0.3, 0.4) is 0 Å². The third-order valence-electron chi connectivity index (χ3n) is 4.66. The number of likely N-dealkylation sites (tertiary alicyclic amines) is 1. The number of rotatable bonds is 7. The molecule has 112 valence electrons. The monoisotopic (exact) mass is 274 g/mol. The maximum absolute atomic E-state index is 3.64. The lowest BCUT2D eigenvalue weighted by Crippen LogP contribution is -2.46. The highest BCUT2D eigenvalue weighted by molar-refractivity contribution is 5.26. The molecule has 20 heavy (non-hydrogen) atoms. The van der Waals surface area contributed by atoms with Crippen LogP contribution in [0.4, 0.5) is 0 Å². The summed E-state index contributed by atoms with van der Waals surface area (Å²) in [5, 5.41) is 3.64. The summed E-state index contributed by atoms with van der Waals surface area (Å²) in [6.07, 6.45) is 3.91. The van der Waals surface area contributed by atoms with Crippen LogP contribution in [0.2, 0.25) is 0 Å². The lowest BCUT2D eigenvalue weighted by molar-refractivity contribution is 0.205. The fraction of sp³-hybridized carbons (Fsp3) is 0.667. The third-order valence-corrected chi connectivity index (χ3v) is 4.66. The first-order valence-corrected chi connectivity index (χ1v) is 8.16. The predicted molar refractivity (Wildman–Crippen MR) is 87.2 cm³/mol. The second-order valence-electron chi connectivity index (χ2n) is 6.57. The van der Waals surface area contributed by atoms with E-state index in [-0.39, 0.29) is 5.41 Å². The Morgan fingerprint density at radius 2 is 2.05 bits per heavy atom. The highest BCUT2D eigenvalue weighted by Gasteiger charge is 2.32. The summed E-state index contributed by atoms with van der Waals surface area (Å²) >= 11 is 0. The number of nitrogens with one attached hydrogen (secondary N) is 1. The van der Waals surface area contributed by atoms with Gasteiger partial charge in [0.2, 0.25) is 0 Å². The second-order valence-corrected chi connectivity index (χ2v) is 6.57. The molecule has 0 radical (unpaired) electrons. The summed E-state index contributed by atoms with van der Waals surface area (Å²) in [4.78, 5) is 2.67. The van der Waals surface area contributed by atoms with Gasteiger partial charge in [-0.15, -0.1) is 0 Å². The van der Waals surface area contributed by atoms with E-state index in [1.54, 1.807) is 0 Å². The topological polar surface area (TPSA) is 15.3 Å². The van der Waals surface area contributed by atoms with Gasteiger partial charge >= 0.3 is 0 Å². The van der Waals surface area contributed by atoms with E-state index in [1.165, 1.54) is 31.4 Å². The first-order chi connectivity index (χ1) is 9.65. The average Bonchev–Trinajstić information content (AvgIpc) is 2.85. The van der Waals surface area contributed by atoms with E-state index in [9.17, 15) is 0 Å². The fourth-order valence-electron chi connectivity index (χ4n) is 3.31. The first-order valence-electron chi connectivity index (χ1n) is 8.16. The van der Waals surface area contributed by atoms with Gasteiger partial charge in [0.1, 0.15) is 0 Å². The van der Waals surface area contributed by atoms with Crippen LogP contribution in [-0.4, -0.2) is 37.1 Å². The van der Waals surface area contributed by atoms with Crippen LogP contribution in [-0.2, 0) is 5.41 Å². The van der Waals surface area contributed by atoms with Crippen molar-refractivity contribution in [1.29, 1.82) is 0 Å². The van der Waals surface area contributed by atoms with Gasteiger partial charge in [0.05, 0.1) is 0 Å². The molecule has 0 bridgehead atoms. The lowest BCUT2D eigenvalue weighted by atomic mass is 9.81. The van der Waals surface area contributed by atoms with Gasteiger partial charge < -0.3 is 5.32 Å². The summed E-state index contributed by atoms with van der Waals surface area (Å²) in [5.74, 6) is 0. The zero-order chi connectivity index (χ0) is 14.4. The molecule has 1 aromatic rings. The maximum Gasteiger partial charge on any atom is 0.0177 e. The molecular weight excluding hydrogens is 244 g/mol. The van der Waals surface area contributed by atoms with Crippen molar-refractivity contribution in [3.05, 3.63) is 35.9 Å². The van der Waals surface area contributed by atoms with E-state index in [2.05, 4.69) is 61.3 Å². The van der Waals surface area contributed by atoms with Gasteiger partial charge in [0.25, 0.3) is 0 Å². The molecular formula is C18H30N2. The van der Waals surface area contributed by atoms with Crippen LogP contribution in [0.5, 0.6) is 0 Å². The van der Waals surface area contributed by atoms with Crippen molar-refractivity contribution < 1.29 is 0 Å². The molecule has 0 aliphatic carbocycles. The van der Waals surface area contributed by atoms with Crippen molar-refractivity contribution in [3.63, 3.8) is 0 Å². The highest BCUT2D eigenvalue weighted by Crippen LogP contribution is 2.28. The zero-order valence-corrected chi connectivity index (χ0v) is 13.4. The van der Waals surface area contributed by atoms with E-state index in [0.717, 1.165) is 25.7 Å². The Morgan fingerprint density at radius 3 is 2.65 bits per heavy atom. The molecule has 2 unspecified atom stereocenters. The minimum absolute atomic E-state index is 0.203. The largest absolute Gasteiger partial charge is 0.316 e. The Hall–Kier alpha value is -0.860. The Bertz CT molecular complexity index is 390. The maximum atomic E-state index is 3.64. The van der Waals surface area contributed by atoms with E-state index < -0.39 is 0 Å². The molecule has 2 atom stereocenters. The summed E-state index contributed by atoms with van der Waals surface area (Å²) in [6.45, 7) is 11.6. The van der Waals surface area contributed by atoms with E-state index in [4.69, 9.17) is 0 Å². The number of hydrogen-bond donors (Lipinski definition) is 1. The molecule has 1 fully saturated rings. The van der Waals surface area contributed by atoms with E-state index in [0.29, 0.717) is 0 Å². The van der Waals surface area contributed by atoms with Crippen molar-refractivity contribution in [3.8, 4) is 0 Å². The molecule has 1 aromatic carbocycles. The summed E-state index contributed by atoms with van der Waals surface area (Å²) < 4.78 is 0. The van der Waals surface area contributed by atoms with Gasteiger partial charge in [-0.2, -0.15) is 0 Å². The lowest BCUT2D eigenvalue weighted by Gasteiger charge is -2.36. The van der Waals surface area contributed by atoms with Crippen molar-refractivity contribution in [2.24, 2.45) is 0 Å². The third kappa shape index (κ3) is 3.83. The predicted octanol–water partition coefficient (Wildman–Crippen LogP) is 3.43. The van der Waals surface area contributed by atoms with Gasteiger partial charge in [0.15, 0.2) is 0 Å². The van der Waals surface area contributed by atoms with Crippen molar-refractivity contribution in [2.45, 2.75) is 51.5 Å². The summed E-state index contributed by atoms with van der Waals surface area (Å²) in [6, 6.07) is 11.8. The SMILES string of the molecule is CCCNCC(C)(CN1CCCC1C)c1ccccc1. The molecule has 1 saturated heterocycles. The minimum atomic E-state index is 0.203. The fourth-order valence-corrected chi connectivity index (χ4v) is 3.31. The normalized spacial score (nSPS) is 22.9. The van der Waals surface area contributed by atoms with Crippen LogP contribution >= 0.6 is 0 Å².